The molecule has 0 aliphatic carbocycles. The first-order valence-corrected chi connectivity index (χ1v) is 7.66. The van der Waals surface area contributed by atoms with Crippen molar-refractivity contribution in [2.75, 3.05) is 18.6 Å². The summed E-state index contributed by atoms with van der Waals surface area (Å²) in [5.74, 6) is 2.67. The lowest BCUT2D eigenvalue weighted by atomic mass is 9.97. The van der Waals surface area contributed by atoms with Crippen LogP contribution in [0.4, 0.5) is 5.69 Å². The van der Waals surface area contributed by atoms with Crippen LogP contribution < -0.4 is 4.90 Å². The van der Waals surface area contributed by atoms with Crippen LogP contribution in [0.25, 0.3) is 11.1 Å². The Kier molecular flexibility index (Phi) is 4.08. The summed E-state index contributed by atoms with van der Waals surface area (Å²) in [6.07, 6.45) is 1.01. The Hall–Kier alpha value is -2.73. The SMILES string of the molecule is CC#CN1CCc2cc(-c3ccc(C(=O)OC)cc3)cc(C)c21. The number of anilines is 1. The van der Waals surface area contributed by atoms with E-state index in [9.17, 15) is 4.79 Å². The Morgan fingerprint density at radius 3 is 2.57 bits per heavy atom. The smallest absolute Gasteiger partial charge is 0.337 e. The van der Waals surface area contributed by atoms with Crippen molar-refractivity contribution in [2.24, 2.45) is 0 Å². The van der Waals surface area contributed by atoms with Crippen LogP contribution in [-0.4, -0.2) is 19.6 Å². The zero-order valence-electron chi connectivity index (χ0n) is 13.6. The van der Waals surface area contributed by atoms with Crippen LogP contribution >= 0.6 is 0 Å². The number of fused-ring (bicyclic) bond motifs is 1. The summed E-state index contributed by atoms with van der Waals surface area (Å²) in [5.41, 5.74) is 6.65. The molecule has 0 atom stereocenters. The summed E-state index contributed by atoms with van der Waals surface area (Å²) in [4.78, 5) is 13.7. The molecular formula is C20H19NO2. The van der Waals surface area contributed by atoms with E-state index in [1.807, 2.05) is 19.1 Å². The summed E-state index contributed by atoms with van der Waals surface area (Å²) in [5, 5.41) is 0. The number of esters is 1. The number of hydrogen-bond acceptors (Lipinski definition) is 3. The second-order valence-corrected chi connectivity index (χ2v) is 5.63. The molecule has 1 aliphatic rings. The van der Waals surface area contributed by atoms with Gasteiger partial charge < -0.3 is 9.64 Å². The summed E-state index contributed by atoms with van der Waals surface area (Å²) in [7, 11) is 1.39. The molecule has 2 aromatic rings. The second-order valence-electron chi connectivity index (χ2n) is 5.63. The number of aryl methyl sites for hydroxylation is 1. The molecule has 0 aromatic heterocycles. The predicted octanol–water partition coefficient (Wildman–Crippen LogP) is 3.79. The van der Waals surface area contributed by atoms with E-state index in [-0.39, 0.29) is 5.97 Å². The molecule has 0 unspecified atom stereocenters. The van der Waals surface area contributed by atoms with Gasteiger partial charge in [-0.3, -0.25) is 0 Å². The normalized spacial score (nSPS) is 12.4. The lowest BCUT2D eigenvalue weighted by molar-refractivity contribution is 0.0601. The van der Waals surface area contributed by atoms with Crippen molar-refractivity contribution in [2.45, 2.75) is 20.3 Å². The molecule has 116 valence electrons. The molecule has 3 heteroatoms. The largest absolute Gasteiger partial charge is 0.465 e. The zero-order valence-corrected chi connectivity index (χ0v) is 13.6. The van der Waals surface area contributed by atoms with Crippen LogP contribution in [0, 0.1) is 18.9 Å². The van der Waals surface area contributed by atoms with Gasteiger partial charge in [-0.25, -0.2) is 4.79 Å². The molecule has 3 nitrogen and oxygen atoms in total. The summed E-state index contributed by atoms with van der Waals surface area (Å²) >= 11 is 0. The number of rotatable bonds is 2. The number of hydrogen-bond donors (Lipinski definition) is 0. The maximum atomic E-state index is 11.5. The van der Waals surface area contributed by atoms with Gasteiger partial charge in [-0.15, -0.1) is 0 Å². The van der Waals surface area contributed by atoms with E-state index in [0.717, 1.165) is 18.5 Å². The number of nitrogens with zero attached hydrogens (tertiary/aromatic N) is 1. The highest BCUT2D eigenvalue weighted by molar-refractivity contribution is 5.90. The Balaban J connectivity index is 1.97. The third-order valence-electron chi connectivity index (χ3n) is 4.14. The molecule has 1 heterocycles. The zero-order chi connectivity index (χ0) is 16.4. The molecular weight excluding hydrogens is 286 g/mol. The maximum absolute atomic E-state index is 11.5. The van der Waals surface area contributed by atoms with Crippen LogP contribution in [-0.2, 0) is 11.2 Å². The van der Waals surface area contributed by atoms with Gasteiger partial charge in [0.1, 0.15) is 0 Å². The van der Waals surface area contributed by atoms with Gasteiger partial charge in [-0.05, 0) is 66.8 Å². The van der Waals surface area contributed by atoms with Crippen LogP contribution in [0.5, 0.6) is 0 Å². The lowest BCUT2D eigenvalue weighted by Crippen LogP contribution is -2.13. The number of ether oxygens (including phenoxy) is 1. The fourth-order valence-electron chi connectivity index (χ4n) is 3.10. The highest BCUT2D eigenvalue weighted by atomic mass is 16.5. The molecule has 0 spiro atoms. The van der Waals surface area contributed by atoms with Crippen molar-refractivity contribution in [1.29, 1.82) is 0 Å². The summed E-state index contributed by atoms with van der Waals surface area (Å²) in [6, 6.07) is 15.1. The highest BCUT2D eigenvalue weighted by Gasteiger charge is 2.21. The van der Waals surface area contributed by atoms with Gasteiger partial charge in [-0.1, -0.05) is 18.1 Å². The molecule has 0 radical (unpaired) electrons. The topological polar surface area (TPSA) is 29.5 Å². The van der Waals surface area contributed by atoms with E-state index in [4.69, 9.17) is 4.74 Å². The van der Waals surface area contributed by atoms with Crippen LogP contribution in [0.15, 0.2) is 36.4 Å². The standard InChI is InChI=1S/C20H19NO2/c1-4-10-21-11-9-17-13-18(12-14(2)19(17)21)15-5-7-16(8-6-15)20(22)23-3/h5-8,12-13H,9,11H2,1-3H3. The van der Waals surface area contributed by atoms with Crippen molar-refractivity contribution in [3.63, 3.8) is 0 Å². The van der Waals surface area contributed by atoms with Gasteiger partial charge in [0.05, 0.1) is 18.4 Å². The average Bonchev–Trinajstić information content (AvgIpc) is 2.98. The fourth-order valence-corrected chi connectivity index (χ4v) is 3.10. The molecule has 2 aromatic carbocycles. The van der Waals surface area contributed by atoms with E-state index in [2.05, 4.69) is 35.9 Å². The highest BCUT2D eigenvalue weighted by Crippen LogP contribution is 2.35. The van der Waals surface area contributed by atoms with Crippen molar-refractivity contribution >= 4 is 11.7 Å². The van der Waals surface area contributed by atoms with Crippen LogP contribution in [0.2, 0.25) is 0 Å². The molecule has 0 saturated carbocycles. The van der Waals surface area contributed by atoms with Gasteiger partial charge in [0.25, 0.3) is 0 Å². The molecule has 3 rings (SSSR count). The van der Waals surface area contributed by atoms with Crippen molar-refractivity contribution < 1.29 is 9.53 Å². The minimum atomic E-state index is -0.310. The van der Waals surface area contributed by atoms with Crippen molar-refractivity contribution in [1.82, 2.24) is 0 Å². The van der Waals surface area contributed by atoms with Gasteiger partial charge in [0, 0.05) is 12.6 Å². The molecule has 0 bridgehead atoms. The molecule has 0 amide bonds. The van der Waals surface area contributed by atoms with Gasteiger partial charge in [0.2, 0.25) is 0 Å². The van der Waals surface area contributed by atoms with Crippen LogP contribution in [0.3, 0.4) is 0 Å². The number of methoxy groups -OCH3 is 1. The van der Waals surface area contributed by atoms with E-state index < -0.39 is 0 Å². The second kappa shape index (κ2) is 6.18. The van der Waals surface area contributed by atoms with Crippen molar-refractivity contribution in [3.8, 4) is 23.1 Å². The first-order valence-electron chi connectivity index (χ1n) is 7.66. The molecule has 23 heavy (non-hydrogen) atoms. The third-order valence-corrected chi connectivity index (χ3v) is 4.14. The lowest BCUT2D eigenvalue weighted by Gasteiger charge is -2.15. The van der Waals surface area contributed by atoms with E-state index in [0.29, 0.717) is 5.56 Å². The molecule has 0 N–H and O–H groups in total. The van der Waals surface area contributed by atoms with Crippen molar-refractivity contribution in [3.05, 3.63) is 53.1 Å². The monoisotopic (exact) mass is 305 g/mol. The maximum Gasteiger partial charge on any atom is 0.337 e. The predicted molar refractivity (Wildman–Crippen MR) is 92.5 cm³/mol. The van der Waals surface area contributed by atoms with E-state index >= 15 is 0 Å². The minimum Gasteiger partial charge on any atom is -0.465 e. The first kappa shape index (κ1) is 15.2. The Morgan fingerprint density at radius 2 is 1.91 bits per heavy atom. The fraction of sp³-hybridized carbons (Fsp3) is 0.250. The Bertz CT molecular complexity index is 810. The number of carbonyl (C=O) groups is 1. The van der Waals surface area contributed by atoms with Gasteiger partial charge in [-0.2, -0.15) is 0 Å². The van der Waals surface area contributed by atoms with E-state index in [1.165, 1.54) is 29.5 Å². The first-order chi connectivity index (χ1) is 11.1. The Labute approximate surface area is 136 Å². The number of carbonyl (C=O) groups excluding carboxylic acids is 1. The summed E-state index contributed by atoms with van der Waals surface area (Å²) in [6.45, 7) is 4.94. The minimum absolute atomic E-state index is 0.310. The Morgan fingerprint density at radius 1 is 1.17 bits per heavy atom. The van der Waals surface area contributed by atoms with E-state index in [1.54, 1.807) is 12.1 Å². The number of benzene rings is 2. The molecule has 1 aliphatic heterocycles. The van der Waals surface area contributed by atoms with Gasteiger partial charge >= 0.3 is 5.97 Å². The molecule has 0 saturated heterocycles. The van der Waals surface area contributed by atoms with Gasteiger partial charge in [0.15, 0.2) is 0 Å². The summed E-state index contributed by atoms with van der Waals surface area (Å²) < 4.78 is 4.74. The van der Waals surface area contributed by atoms with Crippen LogP contribution in [0.1, 0.15) is 28.4 Å². The third kappa shape index (κ3) is 2.80. The average molecular weight is 305 g/mol. The quantitative estimate of drug-likeness (QED) is 0.624. The molecule has 0 fully saturated rings.